The molecule has 0 spiro atoms. The number of thioether (sulfide) groups is 1. The fourth-order valence-electron chi connectivity index (χ4n) is 3.39. The third kappa shape index (κ3) is 3.91. The minimum absolute atomic E-state index is 0.00346. The fourth-order valence-corrected chi connectivity index (χ4v) is 3.99. The normalized spacial score (nSPS) is 17.0. The molecule has 0 aliphatic carbocycles. The Morgan fingerprint density at radius 1 is 1.15 bits per heavy atom. The minimum atomic E-state index is -0.131. The van der Waals surface area contributed by atoms with E-state index >= 15 is 0 Å². The predicted octanol–water partition coefficient (Wildman–Crippen LogP) is 4.79. The molecule has 3 rings (SSSR count). The third-order valence-electron chi connectivity index (χ3n) is 4.85. The molecule has 1 aliphatic rings. The zero-order chi connectivity index (χ0) is 18.5. The van der Waals surface area contributed by atoms with Crippen LogP contribution >= 0.6 is 11.8 Å². The van der Waals surface area contributed by atoms with Crippen molar-refractivity contribution in [2.24, 2.45) is 5.92 Å². The van der Waals surface area contributed by atoms with Gasteiger partial charge in [-0.15, -0.1) is 11.8 Å². The molecular weight excluding hydrogens is 342 g/mol. The van der Waals surface area contributed by atoms with Crippen molar-refractivity contribution in [2.45, 2.75) is 17.7 Å². The second-order valence-electron chi connectivity index (χ2n) is 6.48. The number of hydrogen-bond acceptors (Lipinski definition) is 3. The van der Waals surface area contributed by atoms with Crippen molar-refractivity contribution in [3.05, 3.63) is 71.8 Å². The van der Waals surface area contributed by atoms with Crippen molar-refractivity contribution in [2.75, 3.05) is 19.3 Å². The van der Waals surface area contributed by atoms with Crippen LogP contribution in [0.1, 0.15) is 39.1 Å². The summed E-state index contributed by atoms with van der Waals surface area (Å²) in [4.78, 5) is 28.6. The number of amides is 1. The lowest BCUT2D eigenvalue weighted by atomic mass is 9.89. The summed E-state index contributed by atoms with van der Waals surface area (Å²) in [6.45, 7) is 4.93. The Balaban J connectivity index is 1.75. The summed E-state index contributed by atoms with van der Waals surface area (Å²) in [5.41, 5.74) is 2.42. The second-order valence-corrected chi connectivity index (χ2v) is 7.33. The van der Waals surface area contributed by atoms with Crippen molar-refractivity contribution in [1.29, 1.82) is 0 Å². The first-order valence-corrected chi connectivity index (χ1v) is 10.1. The zero-order valence-corrected chi connectivity index (χ0v) is 15.8. The second kappa shape index (κ2) is 8.37. The lowest BCUT2D eigenvalue weighted by Crippen LogP contribution is -2.42. The summed E-state index contributed by atoms with van der Waals surface area (Å²) in [6.07, 6.45) is 5.43. The summed E-state index contributed by atoms with van der Waals surface area (Å²) in [5, 5.41) is 0. The number of carbonyl (C=O) groups is 2. The molecular formula is C22H23NO2S. The van der Waals surface area contributed by atoms with Crippen molar-refractivity contribution >= 4 is 29.5 Å². The van der Waals surface area contributed by atoms with Crippen LogP contribution in [-0.4, -0.2) is 35.9 Å². The van der Waals surface area contributed by atoms with Gasteiger partial charge in [0.15, 0.2) is 5.78 Å². The van der Waals surface area contributed by atoms with Crippen LogP contribution in [0.15, 0.2) is 60.0 Å². The molecule has 0 bridgehead atoms. The van der Waals surface area contributed by atoms with Crippen LogP contribution in [0.3, 0.4) is 0 Å². The highest BCUT2D eigenvalue weighted by molar-refractivity contribution is 7.98. The lowest BCUT2D eigenvalue weighted by molar-refractivity contribution is 0.0636. The Bertz CT molecular complexity index is 813. The molecule has 2 aromatic carbocycles. The summed E-state index contributed by atoms with van der Waals surface area (Å²) in [5.74, 6) is 0.0131. The highest BCUT2D eigenvalue weighted by Gasteiger charge is 2.30. The maximum atomic E-state index is 13.0. The molecule has 4 heteroatoms. The molecule has 0 unspecified atom stereocenters. The number of rotatable bonds is 5. The first kappa shape index (κ1) is 18.5. The largest absolute Gasteiger partial charge is 0.338 e. The smallest absolute Gasteiger partial charge is 0.253 e. The predicted molar refractivity (Wildman–Crippen MR) is 108 cm³/mol. The van der Waals surface area contributed by atoms with Gasteiger partial charge in [-0.3, -0.25) is 9.59 Å². The molecule has 1 saturated heterocycles. The summed E-state index contributed by atoms with van der Waals surface area (Å²) in [6, 6.07) is 15.2. The van der Waals surface area contributed by atoms with Gasteiger partial charge >= 0.3 is 0 Å². The Morgan fingerprint density at radius 2 is 1.88 bits per heavy atom. The molecule has 1 fully saturated rings. The SMILES string of the molecule is C=Cc1ccc(C(=O)N2CCC[C@@H](C(=O)c3ccccc3SC)C2)cc1. The van der Waals surface area contributed by atoms with Gasteiger partial charge in [0.1, 0.15) is 0 Å². The molecule has 1 aliphatic heterocycles. The lowest BCUT2D eigenvalue weighted by Gasteiger charge is -2.32. The molecule has 0 radical (unpaired) electrons. The van der Waals surface area contributed by atoms with E-state index in [1.165, 1.54) is 0 Å². The van der Waals surface area contributed by atoms with Crippen LogP contribution in [0, 0.1) is 5.92 Å². The van der Waals surface area contributed by atoms with Crippen LogP contribution in [0.4, 0.5) is 0 Å². The molecule has 1 heterocycles. The first-order valence-electron chi connectivity index (χ1n) is 8.83. The van der Waals surface area contributed by atoms with Gasteiger partial charge in [0.25, 0.3) is 5.91 Å². The molecule has 0 aromatic heterocycles. The van der Waals surface area contributed by atoms with Crippen LogP contribution in [0.2, 0.25) is 0 Å². The van der Waals surface area contributed by atoms with E-state index in [0.29, 0.717) is 18.7 Å². The molecule has 0 N–H and O–H groups in total. The van der Waals surface area contributed by atoms with E-state index in [1.54, 1.807) is 17.8 Å². The molecule has 1 atom stereocenters. The van der Waals surface area contributed by atoms with E-state index in [9.17, 15) is 9.59 Å². The summed E-state index contributed by atoms with van der Waals surface area (Å²) in [7, 11) is 0. The number of nitrogens with zero attached hydrogens (tertiary/aromatic N) is 1. The fraction of sp³-hybridized carbons (Fsp3) is 0.273. The third-order valence-corrected chi connectivity index (χ3v) is 5.64. The number of carbonyl (C=O) groups excluding carboxylic acids is 2. The van der Waals surface area contributed by atoms with Crippen LogP contribution in [0.25, 0.3) is 6.08 Å². The molecule has 3 nitrogen and oxygen atoms in total. The van der Waals surface area contributed by atoms with E-state index in [4.69, 9.17) is 0 Å². The number of piperidine rings is 1. The summed E-state index contributed by atoms with van der Waals surface area (Å²) < 4.78 is 0. The Hall–Kier alpha value is -2.33. The van der Waals surface area contributed by atoms with Crippen LogP contribution in [-0.2, 0) is 0 Å². The van der Waals surface area contributed by atoms with Gasteiger partial charge in [-0.1, -0.05) is 43.0 Å². The van der Waals surface area contributed by atoms with E-state index in [1.807, 2.05) is 59.7 Å². The highest BCUT2D eigenvalue weighted by Crippen LogP contribution is 2.27. The van der Waals surface area contributed by atoms with Gasteiger partial charge in [0.05, 0.1) is 0 Å². The molecule has 2 aromatic rings. The number of Topliss-reactive ketones (excluding diaryl/α,β-unsaturated/α-hetero) is 1. The minimum Gasteiger partial charge on any atom is -0.338 e. The average Bonchev–Trinajstić information content (AvgIpc) is 2.72. The van der Waals surface area contributed by atoms with E-state index in [2.05, 4.69) is 6.58 Å². The standard InChI is InChI=1S/C22H23NO2S/c1-3-16-10-12-17(13-11-16)22(25)23-14-6-7-18(15-23)21(24)19-8-4-5-9-20(19)26-2/h3-5,8-13,18H,1,6-7,14-15H2,2H3/t18-/m1/s1. The average molecular weight is 365 g/mol. The molecule has 134 valence electrons. The maximum Gasteiger partial charge on any atom is 0.253 e. The summed E-state index contributed by atoms with van der Waals surface area (Å²) >= 11 is 1.59. The molecule has 26 heavy (non-hydrogen) atoms. The Kier molecular flexibility index (Phi) is 5.94. The quantitative estimate of drug-likeness (QED) is 0.565. The van der Waals surface area contributed by atoms with E-state index in [-0.39, 0.29) is 17.6 Å². The highest BCUT2D eigenvalue weighted by atomic mass is 32.2. The van der Waals surface area contributed by atoms with Crippen molar-refractivity contribution < 1.29 is 9.59 Å². The van der Waals surface area contributed by atoms with E-state index < -0.39 is 0 Å². The van der Waals surface area contributed by atoms with Gasteiger partial charge < -0.3 is 4.90 Å². The van der Waals surface area contributed by atoms with Crippen molar-refractivity contribution in [3.63, 3.8) is 0 Å². The van der Waals surface area contributed by atoms with Crippen LogP contribution in [0.5, 0.6) is 0 Å². The monoisotopic (exact) mass is 365 g/mol. The van der Waals surface area contributed by atoms with Gasteiger partial charge in [-0.25, -0.2) is 0 Å². The maximum absolute atomic E-state index is 13.0. The first-order chi connectivity index (χ1) is 12.6. The molecule has 0 saturated carbocycles. The van der Waals surface area contributed by atoms with Crippen molar-refractivity contribution in [1.82, 2.24) is 4.90 Å². The van der Waals surface area contributed by atoms with E-state index in [0.717, 1.165) is 28.9 Å². The topological polar surface area (TPSA) is 37.4 Å². The molecule has 1 amide bonds. The van der Waals surface area contributed by atoms with Gasteiger partial charge in [0.2, 0.25) is 0 Å². The van der Waals surface area contributed by atoms with Crippen LogP contribution < -0.4 is 0 Å². The Morgan fingerprint density at radius 3 is 2.58 bits per heavy atom. The Labute approximate surface area is 159 Å². The van der Waals surface area contributed by atoms with Gasteiger partial charge in [0, 0.05) is 35.0 Å². The van der Waals surface area contributed by atoms with Gasteiger partial charge in [-0.2, -0.15) is 0 Å². The zero-order valence-electron chi connectivity index (χ0n) is 15.0. The number of likely N-dealkylation sites (tertiary alicyclic amines) is 1. The van der Waals surface area contributed by atoms with Crippen molar-refractivity contribution in [3.8, 4) is 0 Å². The number of benzene rings is 2. The van der Waals surface area contributed by atoms with Gasteiger partial charge in [-0.05, 0) is 42.9 Å². The number of hydrogen-bond donors (Lipinski definition) is 0. The number of ketones is 1.